The second-order valence-electron chi connectivity index (χ2n) is 5.53. The number of aryl methyl sites for hydroxylation is 2. The molecule has 104 valence electrons. The topological polar surface area (TPSA) is 32.3 Å². The Bertz CT molecular complexity index is 606. The van der Waals surface area contributed by atoms with E-state index in [0.717, 1.165) is 19.3 Å². The highest BCUT2D eigenvalue weighted by molar-refractivity contribution is 5.50. The summed E-state index contributed by atoms with van der Waals surface area (Å²) in [5.74, 6) is 0.361. The van der Waals surface area contributed by atoms with Crippen molar-refractivity contribution in [2.75, 3.05) is 5.32 Å². The molecule has 0 fully saturated rings. The summed E-state index contributed by atoms with van der Waals surface area (Å²) >= 11 is 0. The molecule has 0 aliphatic heterocycles. The van der Waals surface area contributed by atoms with Crippen molar-refractivity contribution < 1.29 is 5.11 Å². The average molecular weight is 267 g/mol. The minimum Gasteiger partial charge on any atom is -0.508 e. The number of fused-ring (bicyclic) bond motifs is 1. The molecule has 2 N–H and O–H groups in total. The molecular formula is C18H21NO. The highest BCUT2D eigenvalue weighted by Crippen LogP contribution is 2.34. The van der Waals surface area contributed by atoms with Crippen molar-refractivity contribution in [3.05, 3.63) is 59.2 Å². The lowest BCUT2D eigenvalue weighted by Crippen LogP contribution is -2.17. The predicted molar refractivity (Wildman–Crippen MR) is 83.2 cm³/mol. The molecule has 0 aromatic heterocycles. The molecule has 0 bridgehead atoms. The van der Waals surface area contributed by atoms with Gasteiger partial charge in [-0.05, 0) is 66.6 Å². The van der Waals surface area contributed by atoms with Crippen molar-refractivity contribution in [2.24, 2.45) is 0 Å². The van der Waals surface area contributed by atoms with Crippen LogP contribution in [0.2, 0.25) is 0 Å². The van der Waals surface area contributed by atoms with Crippen LogP contribution in [0.15, 0.2) is 42.5 Å². The molecule has 0 heterocycles. The number of anilines is 1. The number of hydrogen-bond donors (Lipinski definition) is 2. The lowest BCUT2D eigenvalue weighted by atomic mass is 9.87. The first kappa shape index (κ1) is 13.0. The Labute approximate surface area is 120 Å². The van der Waals surface area contributed by atoms with Gasteiger partial charge in [0.15, 0.2) is 0 Å². The smallest absolute Gasteiger partial charge is 0.115 e. The van der Waals surface area contributed by atoms with E-state index in [1.165, 1.54) is 28.8 Å². The molecule has 20 heavy (non-hydrogen) atoms. The second-order valence-corrected chi connectivity index (χ2v) is 5.53. The van der Waals surface area contributed by atoms with Gasteiger partial charge in [0.05, 0.1) is 6.04 Å². The standard InChI is InChI=1S/C18H21NO/c1-2-13-5-3-7-15(11-13)19-18-8-4-6-14-9-10-16(20)12-17(14)18/h3,5,7,9-12,18-20H,2,4,6,8H2,1H3. The van der Waals surface area contributed by atoms with E-state index in [4.69, 9.17) is 0 Å². The van der Waals surface area contributed by atoms with Gasteiger partial charge in [-0.2, -0.15) is 0 Å². The van der Waals surface area contributed by atoms with Gasteiger partial charge in [0.1, 0.15) is 5.75 Å². The summed E-state index contributed by atoms with van der Waals surface area (Å²) in [7, 11) is 0. The lowest BCUT2D eigenvalue weighted by Gasteiger charge is -2.27. The molecule has 1 aliphatic rings. The van der Waals surface area contributed by atoms with Gasteiger partial charge in [-0.3, -0.25) is 0 Å². The van der Waals surface area contributed by atoms with Crippen LogP contribution in [-0.4, -0.2) is 5.11 Å². The average Bonchev–Trinajstić information content (AvgIpc) is 2.48. The monoisotopic (exact) mass is 267 g/mol. The SMILES string of the molecule is CCc1cccc(NC2CCCc3ccc(O)cc32)c1. The van der Waals surface area contributed by atoms with Gasteiger partial charge in [-0.15, -0.1) is 0 Å². The van der Waals surface area contributed by atoms with Crippen LogP contribution >= 0.6 is 0 Å². The van der Waals surface area contributed by atoms with Crippen molar-refractivity contribution in [1.29, 1.82) is 0 Å². The van der Waals surface area contributed by atoms with Crippen molar-refractivity contribution in [3.8, 4) is 5.75 Å². The fraction of sp³-hybridized carbons (Fsp3) is 0.333. The minimum atomic E-state index is 0.304. The first-order chi connectivity index (χ1) is 9.76. The highest BCUT2D eigenvalue weighted by Gasteiger charge is 2.20. The maximum absolute atomic E-state index is 9.73. The Kier molecular flexibility index (Phi) is 3.64. The summed E-state index contributed by atoms with van der Waals surface area (Å²) in [4.78, 5) is 0. The van der Waals surface area contributed by atoms with Gasteiger partial charge in [-0.25, -0.2) is 0 Å². The number of nitrogens with one attached hydrogen (secondary N) is 1. The van der Waals surface area contributed by atoms with Gasteiger partial charge in [0.2, 0.25) is 0 Å². The number of phenols is 1. The fourth-order valence-corrected chi connectivity index (χ4v) is 3.02. The Morgan fingerprint density at radius 3 is 2.95 bits per heavy atom. The molecule has 3 rings (SSSR count). The van der Waals surface area contributed by atoms with Gasteiger partial charge < -0.3 is 10.4 Å². The van der Waals surface area contributed by atoms with Gasteiger partial charge in [0, 0.05) is 5.69 Å². The minimum absolute atomic E-state index is 0.304. The van der Waals surface area contributed by atoms with Crippen LogP contribution in [-0.2, 0) is 12.8 Å². The van der Waals surface area contributed by atoms with Gasteiger partial charge in [0.25, 0.3) is 0 Å². The van der Waals surface area contributed by atoms with E-state index >= 15 is 0 Å². The van der Waals surface area contributed by atoms with E-state index in [2.05, 4.69) is 42.6 Å². The third kappa shape index (κ3) is 2.64. The van der Waals surface area contributed by atoms with Crippen LogP contribution in [0, 0.1) is 0 Å². The zero-order chi connectivity index (χ0) is 13.9. The number of aromatic hydroxyl groups is 1. The van der Waals surface area contributed by atoms with Crippen LogP contribution in [0.4, 0.5) is 5.69 Å². The quantitative estimate of drug-likeness (QED) is 0.861. The Hall–Kier alpha value is -1.96. The first-order valence-electron chi connectivity index (χ1n) is 7.43. The third-order valence-electron chi connectivity index (χ3n) is 4.12. The van der Waals surface area contributed by atoms with Crippen LogP contribution in [0.3, 0.4) is 0 Å². The van der Waals surface area contributed by atoms with E-state index in [0.29, 0.717) is 11.8 Å². The molecular weight excluding hydrogens is 246 g/mol. The molecule has 0 saturated heterocycles. The molecule has 1 atom stereocenters. The number of rotatable bonds is 3. The molecule has 0 saturated carbocycles. The van der Waals surface area contributed by atoms with E-state index < -0.39 is 0 Å². The molecule has 0 spiro atoms. The molecule has 2 aromatic carbocycles. The number of phenolic OH excluding ortho intramolecular Hbond substituents is 1. The molecule has 2 nitrogen and oxygen atoms in total. The molecule has 1 aliphatic carbocycles. The van der Waals surface area contributed by atoms with Gasteiger partial charge >= 0.3 is 0 Å². The van der Waals surface area contributed by atoms with E-state index in [-0.39, 0.29) is 0 Å². The zero-order valence-electron chi connectivity index (χ0n) is 11.9. The van der Waals surface area contributed by atoms with Crippen molar-refractivity contribution in [3.63, 3.8) is 0 Å². The fourth-order valence-electron chi connectivity index (χ4n) is 3.02. The van der Waals surface area contributed by atoms with Crippen LogP contribution < -0.4 is 5.32 Å². The maximum Gasteiger partial charge on any atom is 0.115 e. The lowest BCUT2D eigenvalue weighted by molar-refractivity contribution is 0.471. The molecule has 0 amide bonds. The van der Waals surface area contributed by atoms with E-state index in [1.807, 2.05) is 6.07 Å². The number of hydrogen-bond acceptors (Lipinski definition) is 2. The summed E-state index contributed by atoms with van der Waals surface area (Å²) in [5, 5.41) is 13.4. The predicted octanol–water partition coefficient (Wildman–Crippen LogP) is 4.44. The van der Waals surface area contributed by atoms with Gasteiger partial charge in [-0.1, -0.05) is 25.1 Å². The molecule has 1 unspecified atom stereocenters. The summed E-state index contributed by atoms with van der Waals surface area (Å²) < 4.78 is 0. The number of benzene rings is 2. The molecule has 2 heteroatoms. The summed E-state index contributed by atoms with van der Waals surface area (Å²) in [6.45, 7) is 2.17. The van der Waals surface area contributed by atoms with E-state index in [9.17, 15) is 5.11 Å². The second kappa shape index (κ2) is 5.58. The van der Waals surface area contributed by atoms with Crippen LogP contribution in [0.1, 0.15) is 42.5 Å². The Morgan fingerprint density at radius 2 is 2.10 bits per heavy atom. The largest absolute Gasteiger partial charge is 0.508 e. The van der Waals surface area contributed by atoms with Crippen LogP contribution in [0.5, 0.6) is 5.75 Å². The first-order valence-corrected chi connectivity index (χ1v) is 7.43. The summed E-state index contributed by atoms with van der Waals surface area (Å²) in [5.41, 5.74) is 5.13. The normalized spacial score (nSPS) is 17.6. The Balaban J connectivity index is 1.87. The van der Waals surface area contributed by atoms with E-state index in [1.54, 1.807) is 6.07 Å². The highest BCUT2D eigenvalue weighted by atomic mass is 16.3. The van der Waals surface area contributed by atoms with Crippen molar-refractivity contribution in [1.82, 2.24) is 0 Å². The third-order valence-corrected chi connectivity index (χ3v) is 4.12. The summed E-state index contributed by atoms with van der Waals surface area (Å²) in [6.07, 6.45) is 4.48. The van der Waals surface area contributed by atoms with Crippen molar-refractivity contribution in [2.45, 2.75) is 38.6 Å². The summed E-state index contributed by atoms with van der Waals surface area (Å²) in [6, 6.07) is 14.7. The molecule has 2 aromatic rings. The molecule has 0 radical (unpaired) electrons. The zero-order valence-corrected chi connectivity index (χ0v) is 11.9. The van der Waals surface area contributed by atoms with Crippen LogP contribution in [0.25, 0.3) is 0 Å². The maximum atomic E-state index is 9.73. The Morgan fingerprint density at radius 1 is 1.20 bits per heavy atom. The van der Waals surface area contributed by atoms with Crippen molar-refractivity contribution >= 4 is 5.69 Å².